The average molecular weight is 296 g/mol. The van der Waals surface area contributed by atoms with Gasteiger partial charge in [-0.15, -0.1) is 0 Å². The lowest BCUT2D eigenvalue weighted by Crippen LogP contribution is -2.55. The summed E-state index contributed by atoms with van der Waals surface area (Å²) in [7, 11) is 0. The number of amides is 3. The number of hydrogen-bond acceptors (Lipinski definition) is 4. The third-order valence-corrected chi connectivity index (χ3v) is 2.99. The Morgan fingerprint density at radius 1 is 1.19 bits per heavy atom. The van der Waals surface area contributed by atoms with Crippen LogP contribution in [0.4, 0.5) is 0 Å². The van der Waals surface area contributed by atoms with E-state index in [4.69, 9.17) is 11.0 Å². The monoisotopic (exact) mass is 296 g/mol. The van der Waals surface area contributed by atoms with Crippen molar-refractivity contribution in [1.29, 1.82) is 5.26 Å². The number of rotatable bonds is 8. The zero-order valence-electron chi connectivity index (χ0n) is 13.0. The van der Waals surface area contributed by atoms with Gasteiger partial charge in [0, 0.05) is 13.3 Å². The zero-order valence-corrected chi connectivity index (χ0v) is 13.0. The van der Waals surface area contributed by atoms with Crippen molar-refractivity contribution in [2.24, 2.45) is 17.6 Å². The van der Waals surface area contributed by atoms with Crippen LogP contribution in [-0.2, 0) is 14.4 Å². The van der Waals surface area contributed by atoms with Gasteiger partial charge in [-0.25, -0.2) is 0 Å². The van der Waals surface area contributed by atoms with Crippen molar-refractivity contribution in [1.82, 2.24) is 10.6 Å². The first kappa shape index (κ1) is 18.9. The van der Waals surface area contributed by atoms with Crippen molar-refractivity contribution in [3.05, 3.63) is 0 Å². The summed E-state index contributed by atoms with van der Waals surface area (Å²) in [6.45, 7) is 6.83. The van der Waals surface area contributed by atoms with Crippen LogP contribution in [0, 0.1) is 23.2 Å². The van der Waals surface area contributed by atoms with E-state index in [9.17, 15) is 14.4 Å². The maximum atomic E-state index is 12.2. The van der Waals surface area contributed by atoms with E-state index in [-0.39, 0.29) is 18.2 Å². The number of carbonyl (C=O) groups is 3. The molecule has 0 aliphatic heterocycles. The minimum Gasteiger partial charge on any atom is -0.368 e. The van der Waals surface area contributed by atoms with E-state index < -0.39 is 29.8 Å². The Balaban J connectivity index is 4.94. The quantitative estimate of drug-likeness (QED) is 0.585. The summed E-state index contributed by atoms with van der Waals surface area (Å²) in [4.78, 5) is 34.8. The van der Waals surface area contributed by atoms with Gasteiger partial charge in [0.2, 0.25) is 17.7 Å². The number of nitrogens with zero attached hydrogens (tertiary/aromatic N) is 1. The van der Waals surface area contributed by atoms with E-state index in [1.165, 1.54) is 6.92 Å². The zero-order chi connectivity index (χ0) is 16.6. The molecule has 0 bridgehead atoms. The van der Waals surface area contributed by atoms with Crippen molar-refractivity contribution in [3.63, 3.8) is 0 Å². The maximum Gasteiger partial charge on any atom is 0.243 e. The molecule has 118 valence electrons. The summed E-state index contributed by atoms with van der Waals surface area (Å²) in [5, 5.41) is 13.8. The van der Waals surface area contributed by atoms with Gasteiger partial charge < -0.3 is 16.4 Å². The molecule has 0 aromatic carbocycles. The molecule has 0 spiro atoms. The number of hydrogen-bond donors (Lipinski definition) is 3. The number of carbonyl (C=O) groups excluding carboxylic acids is 3. The standard InChI is InChI=1S/C14H24N4O3/c1-8(2)7-11(17-10(4)19)14(21)18-12(13(16)20)9(3)5-6-15/h8-9,11-12H,5,7H2,1-4H3,(H2,16,20)(H,17,19)(H,18,21)/t9-,11+,12-/m1/s1. The fourth-order valence-corrected chi connectivity index (χ4v) is 1.96. The van der Waals surface area contributed by atoms with Crippen LogP contribution in [0.1, 0.15) is 40.5 Å². The third kappa shape index (κ3) is 7.30. The molecular formula is C14H24N4O3. The Morgan fingerprint density at radius 2 is 1.76 bits per heavy atom. The van der Waals surface area contributed by atoms with E-state index in [1.54, 1.807) is 6.92 Å². The molecule has 0 saturated carbocycles. The number of nitrogens with two attached hydrogens (primary N) is 1. The summed E-state index contributed by atoms with van der Waals surface area (Å²) >= 11 is 0. The van der Waals surface area contributed by atoms with Gasteiger partial charge >= 0.3 is 0 Å². The van der Waals surface area contributed by atoms with Crippen molar-refractivity contribution in [2.45, 2.75) is 52.6 Å². The highest BCUT2D eigenvalue weighted by molar-refractivity contribution is 5.91. The molecule has 3 amide bonds. The lowest BCUT2D eigenvalue weighted by molar-refractivity contribution is -0.131. The minimum atomic E-state index is -0.930. The van der Waals surface area contributed by atoms with Crippen LogP contribution in [0.5, 0.6) is 0 Å². The lowest BCUT2D eigenvalue weighted by atomic mass is 9.97. The first-order valence-electron chi connectivity index (χ1n) is 6.92. The van der Waals surface area contributed by atoms with E-state index in [2.05, 4.69) is 10.6 Å². The Morgan fingerprint density at radius 3 is 2.14 bits per heavy atom. The topological polar surface area (TPSA) is 125 Å². The Labute approximate surface area is 125 Å². The molecule has 21 heavy (non-hydrogen) atoms. The van der Waals surface area contributed by atoms with E-state index >= 15 is 0 Å². The molecule has 0 unspecified atom stereocenters. The molecule has 4 N–H and O–H groups in total. The van der Waals surface area contributed by atoms with Crippen molar-refractivity contribution >= 4 is 17.7 Å². The van der Waals surface area contributed by atoms with Gasteiger partial charge in [-0.05, 0) is 18.3 Å². The Bertz CT molecular complexity index is 428. The molecule has 0 aromatic heterocycles. The van der Waals surface area contributed by atoms with Crippen LogP contribution >= 0.6 is 0 Å². The van der Waals surface area contributed by atoms with Gasteiger partial charge in [0.1, 0.15) is 12.1 Å². The highest BCUT2D eigenvalue weighted by atomic mass is 16.2. The predicted molar refractivity (Wildman–Crippen MR) is 77.6 cm³/mol. The van der Waals surface area contributed by atoms with E-state index in [0.717, 1.165) is 0 Å². The van der Waals surface area contributed by atoms with Crippen LogP contribution in [0.15, 0.2) is 0 Å². The SMILES string of the molecule is CC(=O)N[C@@H](CC(C)C)C(=O)N[C@@H](C(N)=O)[C@H](C)CC#N. The summed E-state index contributed by atoms with van der Waals surface area (Å²) in [5.74, 6) is -1.69. The van der Waals surface area contributed by atoms with E-state index in [0.29, 0.717) is 6.42 Å². The van der Waals surface area contributed by atoms with Crippen LogP contribution in [0.3, 0.4) is 0 Å². The summed E-state index contributed by atoms with van der Waals surface area (Å²) in [6, 6.07) is 0.287. The van der Waals surface area contributed by atoms with Crippen molar-refractivity contribution in [2.75, 3.05) is 0 Å². The number of primary amides is 1. The fraction of sp³-hybridized carbons (Fsp3) is 0.714. The highest BCUT2D eigenvalue weighted by Crippen LogP contribution is 2.10. The minimum absolute atomic E-state index is 0.100. The molecule has 0 aromatic rings. The molecule has 7 nitrogen and oxygen atoms in total. The van der Waals surface area contributed by atoms with Gasteiger partial charge in [-0.1, -0.05) is 20.8 Å². The molecular weight excluding hydrogens is 272 g/mol. The van der Waals surface area contributed by atoms with Crippen LogP contribution in [0.2, 0.25) is 0 Å². The van der Waals surface area contributed by atoms with Gasteiger partial charge in [-0.3, -0.25) is 14.4 Å². The summed E-state index contributed by atoms with van der Waals surface area (Å²) < 4.78 is 0. The van der Waals surface area contributed by atoms with Crippen molar-refractivity contribution < 1.29 is 14.4 Å². The largest absolute Gasteiger partial charge is 0.368 e. The summed E-state index contributed by atoms with van der Waals surface area (Å²) in [5.41, 5.74) is 5.27. The predicted octanol–water partition coefficient (Wildman–Crippen LogP) is 0.0571. The average Bonchev–Trinajstić information content (AvgIpc) is 2.33. The summed E-state index contributed by atoms with van der Waals surface area (Å²) in [6.07, 6.45) is 0.548. The lowest BCUT2D eigenvalue weighted by Gasteiger charge is -2.25. The van der Waals surface area contributed by atoms with Gasteiger partial charge in [0.25, 0.3) is 0 Å². The molecule has 0 aliphatic carbocycles. The second-order valence-corrected chi connectivity index (χ2v) is 5.61. The highest BCUT2D eigenvalue weighted by Gasteiger charge is 2.28. The van der Waals surface area contributed by atoms with Crippen molar-refractivity contribution in [3.8, 4) is 6.07 Å². The molecule has 7 heteroatoms. The molecule has 0 radical (unpaired) electrons. The Kier molecular flexibility index (Phi) is 8.06. The second kappa shape index (κ2) is 8.95. The van der Waals surface area contributed by atoms with Crippen LogP contribution in [0.25, 0.3) is 0 Å². The van der Waals surface area contributed by atoms with E-state index in [1.807, 2.05) is 19.9 Å². The number of nitrogens with one attached hydrogen (secondary N) is 2. The molecule has 0 rings (SSSR count). The third-order valence-electron chi connectivity index (χ3n) is 2.99. The smallest absolute Gasteiger partial charge is 0.243 e. The molecule has 0 fully saturated rings. The van der Waals surface area contributed by atoms with Crippen LogP contribution in [-0.4, -0.2) is 29.8 Å². The van der Waals surface area contributed by atoms with Gasteiger partial charge in [-0.2, -0.15) is 5.26 Å². The molecule has 0 aliphatic rings. The molecule has 0 heterocycles. The van der Waals surface area contributed by atoms with Gasteiger partial charge in [0.15, 0.2) is 0 Å². The molecule has 3 atom stereocenters. The second-order valence-electron chi connectivity index (χ2n) is 5.61. The van der Waals surface area contributed by atoms with Gasteiger partial charge in [0.05, 0.1) is 6.07 Å². The number of nitriles is 1. The first-order chi connectivity index (χ1) is 9.68. The van der Waals surface area contributed by atoms with Crippen LogP contribution < -0.4 is 16.4 Å². The fourth-order valence-electron chi connectivity index (χ4n) is 1.96. The Hall–Kier alpha value is -2.10. The first-order valence-corrected chi connectivity index (χ1v) is 6.92. The molecule has 0 saturated heterocycles. The normalized spacial score (nSPS) is 14.7. The maximum absolute atomic E-state index is 12.2.